The zero-order valence-corrected chi connectivity index (χ0v) is 30.5. The van der Waals surface area contributed by atoms with E-state index in [0.717, 1.165) is 77.0 Å². The highest BCUT2D eigenvalue weighted by atomic mass is 16.6. The molecule has 15 heteroatoms. The van der Waals surface area contributed by atoms with Gasteiger partial charge in [-0.05, 0) is 95.9 Å². The van der Waals surface area contributed by atoms with Gasteiger partial charge in [-0.15, -0.1) is 0 Å². The van der Waals surface area contributed by atoms with Crippen LogP contribution < -0.4 is 16.0 Å². The van der Waals surface area contributed by atoms with E-state index in [1.807, 2.05) is 33.2 Å². The molecule has 1 atom stereocenters. The van der Waals surface area contributed by atoms with E-state index in [4.69, 9.17) is 19.9 Å². The summed E-state index contributed by atoms with van der Waals surface area (Å²) in [6, 6.07) is 6.72. The molecule has 0 radical (unpaired) electrons. The van der Waals surface area contributed by atoms with Crippen LogP contribution in [0.15, 0.2) is 42.9 Å². The summed E-state index contributed by atoms with van der Waals surface area (Å²) in [5.41, 5.74) is 4.80. The van der Waals surface area contributed by atoms with Crippen LogP contribution >= 0.6 is 0 Å². The number of carbonyl (C=O) groups excluding carboxylic acids is 5. The summed E-state index contributed by atoms with van der Waals surface area (Å²) in [5, 5.41) is 19.4. The molecule has 4 aromatic rings. The van der Waals surface area contributed by atoms with Crippen LogP contribution in [0.25, 0.3) is 22.2 Å². The van der Waals surface area contributed by atoms with Gasteiger partial charge < -0.3 is 15.4 Å². The lowest BCUT2D eigenvalue weighted by atomic mass is 9.80. The first-order valence-corrected chi connectivity index (χ1v) is 18.9. The summed E-state index contributed by atoms with van der Waals surface area (Å²) in [4.78, 5) is 68.4. The Balaban J connectivity index is 0.833. The molecule has 9 rings (SSSR count). The van der Waals surface area contributed by atoms with Crippen molar-refractivity contribution >= 4 is 46.3 Å². The van der Waals surface area contributed by atoms with E-state index in [1.54, 1.807) is 18.2 Å². The van der Waals surface area contributed by atoms with Crippen molar-refractivity contribution in [2.75, 3.05) is 11.9 Å². The number of nitrogens with one attached hydrogen (secondary N) is 3. The maximum atomic E-state index is 13.2. The van der Waals surface area contributed by atoms with Crippen LogP contribution in [0, 0.1) is 5.92 Å². The van der Waals surface area contributed by atoms with Gasteiger partial charge in [0.25, 0.3) is 11.8 Å². The van der Waals surface area contributed by atoms with Crippen molar-refractivity contribution in [2.24, 2.45) is 5.92 Å². The third kappa shape index (κ3) is 6.28. The summed E-state index contributed by atoms with van der Waals surface area (Å²) in [5.74, 6) is -1.20. The molecule has 4 fully saturated rings. The SMILES string of the molecule is CC(C)(C)OC(=O)N[C@H]1C[C@H](n2ncc3cnc(-c4cn([C@H]5C[C@@H](CNc6ccc7c(c6)C(=O)N(C6CCC(=O)NC6=O)C7=O)C5)nc4C4CC4)cc32)C1. The number of imide groups is 2. The number of hydrogen-bond acceptors (Lipinski definition) is 10. The number of pyridine rings is 1. The number of nitrogens with zero attached hydrogens (tertiary/aromatic N) is 6. The first kappa shape index (κ1) is 34.2. The summed E-state index contributed by atoms with van der Waals surface area (Å²) < 4.78 is 9.60. The van der Waals surface area contributed by atoms with Crippen LogP contribution in [0.2, 0.25) is 0 Å². The smallest absolute Gasteiger partial charge is 0.407 e. The molecule has 0 bridgehead atoms. The molecule has 280 valence electrons. The fourth-order valence-corrected chi connectivity index (χ4v) is 8.13. The molecular formula is C39H43N9O6. The summed E-state index contributed by atoms with van der Waals surface area (Å²) in [7, 11) is 0. The van der Waals surface area contributed by atoms with Crippen LogP contribution in [0.3, 0.4) is 0 Å². The number of fused-ring (bicyclic) bond motifs is 2. The number of benzene rings is 1. The van der Waals surface area contributed by atoms with Gasteiger partial charge in [-0.25, -0.2) is 4.79 Å². The van der Waals surface area contributed by atoms with Crippen molar-refractivity contribution in [2.45, 2.75) is 108 Å². The third-order valence-corrected chi connectivity index (χ3v) is 11.3. The quantitative estimate of drug-likeness (QED) is 0.201. The Kier molecular flexibility index (Phi) is 8.08. The molecule has 1 saturated heterocycles. The van der Waals surface area contributed by atoms with Crippen LogP contribution in [-0.4, -0.2) is 83.4 Å². The average molecular weight is 734 g/mol. The topological polar surface area (TPSA) is 182 Å². The predicted molar refractivity (Wildman–Crippen MR) is 196 cm³/mol. The second-order valence-electron chi connectivity index (χ2n) is 16.4. The van der Waals surface area contributed by atoms with Gasteiger partial charge in [0, 0.05) is 54.0 Å². The average Bonchev–Trinajstić information content (AvgIpc) is 3.63. The molecule has 1 aromatic carbocycles. The molecule has 54 heavy (non-hydrogen) atoms. The van der Waals surface area contributed by atoms with E-state index >= 15 is 0 Å². The number of rotatable bonds is 9. The molecule has 5 amide bonds. The van der Waals surface area contributed by atoms with Crippen LogP contribution in [0.5, 0.6) is 0 Å². The number of ether oxygens (including phenoxy) is 1. The fourth-order valence-electron chi connectivity index (χ4n) is 8.13. The Morgan fingerprint density at radius 3 is 2.46 bits per heavy atom. The number of amides is 5. The minimum atomic E-state index is -0.986. The van der Waals surface area contributed by atoms with Gasteiger partial charge in [0.05, 0.1) is 46.3 Å². The minimum absolute atomic E-state index is 0.0488. The van der Waals surface area contributed by atoms with E-state index in [-0.39, 0.29) is 42.1 Å². The first-order valence-electron chi connectivity index (χ1n) is 18.9. The first-order chi connectivity index (χ1) is 25.9. The van der Waals surface area contributed by atoms with Gasteiger partial charge in [0.1, 0.15) is 11.6 Å². The minimum Gasteiger partial charge on any atom is -0.444 e. The maximum Gasteiger partial charge on any atom is 0.407 e. The normalized spacial score (nSPS) is 25.2. The Labute approximate surface area is 311 Å². The lowest BCUT2D eigenvalue weighted by Crippen LogP contribution is -2.54. The van der Waals surface area contributed by atoms with Crippen LogP contribution in [0.4, 0.5) is 10.5 Å². The number of carbonyl (C=O) groups is 5. The van der Waals surface area contributed by atoms with Gasteiger partial charge in [-0.2, -0.15) is 10.2 Å². The molecule has 3 aromatic heterocycles. The molecule has 2 aliphatic heterocycles. The standard InChI is InChI=1S/C39H43N9O6/c1-39(2,3)54-38(53)43-24-12-26(13-24)48-32-15-30(41-17-22(32)18-42-48)29-19-46(45-34(29)21-4-5-21)25-10-20(11-25)16-40-23-6-7-27-28(14-23)37(52)47(36(27)51)31-8-9-33(49)44-35(31)50/h6-7,14-15,17-21,24-26,31,40H,4-5,8-13,16H2,1-3H3,(H,43,53)(H,44,49,50)/t20-,24-,25+,26-,31?. The Morgan fingerprint density at radius 2 is 1.72 bits per heavy atom. The zero-order chi connectivity index (χ0) is 37.5. The summed E-state index contributed by atoms with van der Waals surface area (Å²) in [6.45, 7) is 6.27. The molecular weight excluding hydrogens is 690 g/mol. The van der Waals surface area contributed by atoms with E-state index in [0.29, 0.717) is 18.4 Å². The van der Waals surface area contributed by atoms with Crippen molar-refractivity contribution in [1.82, 2.24) is 40.1 Å². The lowest BCUT2D eigenvalue weighted by Gasteiger charge is -2.36. The van der Waals surface area contributed by atoms with Crippen molar-refractivity contribution < 1.29 is 28.7 Å². The van der Waals surface area contributed by atoms with E-state index in [1.165, 1.54) is 0 Å². The second kappa shape index (κ2) is 12.8. The molecule has 5 heterocycles. The zero-order valence-electron chi connectivity index (χ0n) is 30.5. The number of anilines is 1. The summed E-state index contributed by atoms with van der Waals surface area (Å²) in [6.07, 6.45) is 11.4. The number of alkyl carbamates (subject to hydrolysis) is 1. The van der Waals surface area contributed by atoms with E-state index < -0.39 is 41.4 Å². The Hall–Kier alpha value is -5.60. The summed E-state index contributed by atoms with van der Waals surface area (Å²) >= 11 is 0. The highest BCUT2D eigenvalue weighted by Crippen LogP contribution is 2.46. The van der Waals surface area contributed by atoms with Gasteiger partial charge in [-0.1, -0.05) is 0 Å². The molecule has 0 spiro atoms. The van der Waals surface area contributed by atoms with E-state index in [9.17, 15) is 24.0 Å². The largest absolute Gasteiger partial charge is 0.444 e. The molecule has 3 N–H and O–H groups in total. The monoisotopic (exact) mass is 733 g/mol. The van der Waals surface area contributed by atoms with Crippen LogP contribution in [0.1, 0.15) is 117 Å². The van der Waals surface area contributed by atoms with E-state index in [2.05, 4.69) is 37.6 Å². The maximum absolute atomic E-state index is 13.2. The number of aromatic nitrogens is 5. The van der Waals surface area contributed by atoms with Crippen molar-refractivity contribution in [3.8, 4) is 11.3 Å². The molecule has 1 unspecified atom stereocenters. The van der Waals surface area contributed by atoms with Crippen LogP contribution in [-0.2, 0) is 14.3 Å². The highest BCUT2D eigenvalue weighted by molar-refractivity contribution is 6.23. The highest BCUT2D eigenvalue weighted by Gasteiger charge is 2.45. The van der Waals surface area contributed by atoms with Gasteiger partial charge in [-0.3, -0.25) is 43.7 Å². The lowest BCUT2D eigenvalue weighted by molar-refractivity contribution is -0.136. The molecule has 5 aliphatic rings. The van der Waals surface area contributed by atoms with Gasteiger partial charge in [0.15, 0.2) is 0 Å². The molecule has 3 aliphatic carbocycles. The van der Waals surface area contributed by atoms with Crippen molar-refractivity contribution in [3.05, 3.63) is 59.7 Å². The van der Waals surface area contributed by atoms with Gasteiger partial charge >= 0.3 is 6.09 Å². The van der Waals surface area contributed by atoms with Crippen molar-refractivity contribution in [1.29, 1.82) is 0 Å². The Morgan fingerprint density at radius 1 is 0.944 bits per heavy atom. The van der Waals surface area contributed by atoms with Crippen molar-refractivity contribution in [3.63, 3.8) is 0 Å². The van der Waals surface area contributed by atoms with Gasteiger partial charge in [0.2, 0.25) is 11.8 Å². The second-order valence-corrected chi connectivity index (χ2v) is 16.4. The molecule has 15 nitrogen and oxygen atoms in total. The number of piperidine rings is 1. The fraction of sp³-hybridized carbons (Fsp3) is 0.487. The predicted octanol–water partition coefficient (Wildman–Crippen LogP) is 4.86. The number of hydrogen-bond donors (Lipinski definition) is 3. The Bertz CT molecular complexity index is 2220. The third-order valence-electron chi connectivity index (χ3n) is 11.3. The molecule has 3 saturated carbocycles.